The van der Waals surface area contributed by atoms with Crippen LogP contribution in [0.2, 0.25) is 0 Å². The van der Waals surface area contributed by atoms with Gasteiger partial charge in [-0.3, -0.25) is 9.59 Å². The zero-order chi connectivity index (χ0) is 21.9. The highest BCUT2D eigenvalue weighted by molar-refractivity contribution is 7.07. The fourth-order valence-electron chi connectivity index (χ4n) is 2.69. The summed E-state index contributed by atoms with van der Waals surface area (Å²) in [5.41, 5.74) is 0.423. The van der Waals surface area contributed by atoms with Gasteiger partial charge in [0.25, 0.3) is 11.8 Å². The quantitative estimate of drug-likeness (QED) is 0.623. The van der Waals surface area contributed by atoms with Crippen molar-refractivity contribution >= 4 is 23.2 Å². The van der Waals surface area contributed by atoms with Crippen molar-refractivity contribution in [2.45, 2.75) is 12.7 Å². The molecule has 0 fully saturated rings. The lowest BCUT2D eigenvalue weighted by molar-refractivity contribution is -0.137. The van der Waals surface area contributed by atoms with Gasteiger partial charge in [0.05, 0.1) is 5.56 Å². The van der Waals surface area contributed by atoms with E-state index in [-0.39, 0.29) is 11.5 Å². The van der Waals surface area contributed by atoms with E-state index >= 15 is 0 Å². The second-order valence-electron chi connectivity index (χ2n) is 6.71. The highest BCUT2D eigenvalue weighted by atomic mass is 32.1. The maximum absolute atomic E-state index is 12.9. The van der Waals surface area contributed by atoms with Crippen molar-refractivity contribution in [3.8, 4) is 0 Å². The van der Waals surface area contributed by atoms with Crippen molar-refractivity contribution < 1.29 is 22.8 Å². The standard InChI is InChI=1S/C21H18F3N3O2S/c1-26(2)19(29)15-8-6-14(7-9-15)13-27-10-11-30-20(27)25-18(28)16-4-3-5-17(12-16)21(22,23)24/h3-12H,13H2,1-2H3. The summed E-state index contributed by atoms with van der Waals surface area (Å²) in [6.45, 7) is 0.397. The summed E-state index contributed by atoms with van der Waals surface area (Å²) < 4.78 is 40.3. The Labute approximate surface area is 174 Å². The first-order chi connectivity index (χ1) is 14.1. The molecule has 0 N–H and O–H groups in total. The number of carbonyl (C=O) groups excluding carboxylic acids is 2. The molecular formula is C21H18F3N3O2S. The lowest BCUT2D eigenvalue weighted by Crippen LogP contribution is -2.21. The molecule has 5 nitrogen and oxygen atoms in total. The van der Waals surface area contributed by atoms with Crippen LogP contribution < -0.4 is 4.80 Å². The van der Waals surface area contributed by atoms with Crippen LogP contribution in [-0.4, -0.2) is 35.4 Å². The minimum Gasteiger partial charge on any atom is -0.345 e. The predicted molar refractivity (Wildman–Crippen MR) is 107 cm³/mol. The number of rotatable bonds is 4. The summed E-state index contributed by atoms with van der Waals surface area (Å²) in [4.78, 5) is 30.2. The first kappa shape index (κ1) is 21.5. The Hall–Kier alpha value is -3.20. The minimum atomic E-state index is -4.53. The summed E-state index contributed by atoms with van der Waals surface area (Å²) in [7, 11) is 3.35. The van der Waals surface area contributed by atoms with Gasteiger partial charge in [-0.25, -0.2) is 0 Å². The summed E-state index contributed by atoms with van der Waals surface area (Å²) >= 11 is 1.21. The molecule has 156 valence electrons. The number of halogens is 3. The van der Waals surface area contributed by atoms with Crippen molar-refractivity contribution in [2.24, 2.45) is 4.99 Å². The molecule has 0 unspecified atom stereocenters. The molecule has 30 heavy (non-hydrogen) atoms. The zero-order valence-corrected chi connectivity index (χ0v) is 17.0. The molecule has 1 aromatic heterocycles. The average molecular weight is 433 g/mol. The molecule has 0 spiro atoms. The third-order valence-electron chi connectivity index (χ3n) is 4.25. The van der Waals surface area contributed by atoms with Crippen LogP contribution in [0, 0.1) is 0 Å². The Morgan fingerprint density at radius 2 is 1.77 bits per heavy atom. The predicted octanol–water partition coefficient (Wildman–Crippen LogP) is 4.06. The molecule has 0 atom stereocenters. The van der Waals surface area contributed by atoms with E-state index in [4.69, 9.17) is 0 Å². The van der Waals surface area contributed by atoms with E-state index in [1.807, 2.05) is 0 Å². The Morgan fingerprint density at radius 3 is 2.40 bits per heavy atom. The summed E-state index contributed by atoms with van der Waals surface area (Å²) in [5.74, 6) is -0.851. The molecule has 3 aromatic rings. The van der Waals surface area contributed by atoms with Crippen LogP contribution in [-0.2, 0) is 12.7 Å². The molecule has 0 aliphatic rings. The molecule has 0 aliphatic heterocycles. The summed E-state index contributed by atoms with van der Waals surface area (Å²) in [6, 6.07) is 11.2. The number of hydrogen-bond donors (Lipinski definition) is 0. The van der Waals surface area contributed by atoms with Crippen LogP contribution in [0.25, 0.3) is 0 Å². The van der Waals surface area contributed by atoms with Crippen LogP contribution in [0.3, 0.4) is 0 Å². The van der Waals surface area contributed by atoms with Crippen LogP contribution >= 0.6 is 11.3 Å². The van der Waals surface area contributed by atoms with Gasteiger partial charge in [-0.05, 0) is 35.9 Å². The van der Waals surface area contributed by atoms with E-state index in [1.165, 1.54) is 28.4 Å². The third-order valence-corrected chi connectivity index (χ3v) is 5.05. The number of nitrogens with zero attached hydrogens (tertiary/aromatic N) is 3. The molecule has 9 heteroatoms. The lowest BCUT2D eigenvalue weighted by atomic mass is 10.1. The smallest absolute Gasteiger partial charge is 0.345 e. The zero-order valence-electron chi connectivity index (χ0n) is 16.2. The SMILES string of the molecule is CN(C)C(=O)c1ccc(Cn2ccsc2=NC(=O)c2cccc(C(F)(F)F)c2)cc1. The minimum absolute atomic E-state index is 0.105. The van der Waals surface area contributed by atoms with E-state index < -0.39 is 17.6 Å². The number of alkyl halides is 3. The van der Waals surface area contributed by atoms with Gasteiger partial charge in [0.15, 0.2) is 4.80 Å². The first-order valence-corrected chi connectivity index (χ1v) is 9.74. The Morgan fingerprint density at radius 1 is 1.07 bits per heavy atom. The first-order valence-electron chi connectivity index (χ1n) is 8.86. The van der Waals surface area contributed by atoms with Crippen LogP contribution in [0.1, 0.15) is 31.8 Å². The van der Waals surface area contributed by atoms with E-state index in [0.717, 1.165) is 17.7 Å². The van der Waals surface area contributed by atoms with Crippen LogP contribution in [0.15, 0.2) is 65.1 Å². The van der Waals surface area contributed by atoms with Crippen molar-refractivity contribution in [3.05, 3.63) is 87.2 Å². The Balaban J connectivity index is 1.82. The molecule has 3 rings (SSSR count). The second-order valence-corrected chi connectivity index (χ2v) is 7.58. The second kappa shape index (κ2) is 8.66. The molecule has 1 heterocycles. The number of hydrogen-bond acceptors (Lipinski definition) is 3. The number of thiazole rings is 1. The molecular weight excluding hydrogens is 415 g/mol. The fraction of sp³-hybridized carbons (Fsp3) is 0.190. The van der Waals surface area contributed by atoms with Crippen molar-refractivity contribution in [2.75, 3.05) is 14.1 Å². The lowest BCUT2D eigenvalue weighted by Gasteiger charge is -2.10. The van der Waals surface area contributed by atoms with Crippen molar-refractivity contribution in [1.29, 1.82) is 0 Å². The largest absolute Gasteiger partial charge is 0.416 e. The maximum Gasteiger partial charge on any atom is 0.416 e. The monoisotopic (exact) mass is 433 g/mol. The van der Waals surface area contributed by atoms with Gasteiger partial charge in [-0.15, -0.1) is 11.3 Å². The van der Waals surface area contributed by atoms with Crippen molar-refractivity contribution in [3.63, 3.8) is 0 Å². The highest BCUT2D eigenvalue weighted by Gasteiger charge is 2.30. The molecule has 2 amide bonds. The number of aromatic nitrogens is 1. The number of amides is 2. The van der Waals surface area contributed by atoms with Crippen LogP contribution in [0.5, 0.6) is 0 Å². The van der Waals surface area contributed by atoms with Gasteiger partial charge in [0.2, 0.25) is 0 Å². The normalized spacial score (nSPS) is 12.1. The molecule has 0 radical (unpaired) electrons. The fourth-order valence-corrected chi connectivity index (χ4v) is 3.42. The van der Waals surface area contributed by atoms with Crippen LogP contribution in [0.4, 0.5) is 13.2 Å². The van der Waals surface area contributed by atoms with Crippen molar-refractivity contribution in [1.82, 2.24) is 9.47 Å². The third kappa shape index (κ3) is 5.04. The summed E-state index contributed by atoms with van der Waals surface area (Å²) in [6.07, 6.45) is -2.79. The van der Waals surface area contributed by atoms with Gasteiger partial charge in [-0.1, -0.05) is 18.2 Å². The number of carbonyl (C=O) groups is 2. The molecule has 0 aliphatic carbocycles. The average Bonchev–Trinajstić information content (AvgIpc) is 3.14. The van der Waals surface area contributed by atoms with E-state index in [9.17, 15) is 22.8 Å². The van der Waals surface area contributed by atoms with Gasteiger partial charge in [-0.2, -0.15) is 18.2 Å². The number of benzene rings is 2. The van der Waals surface area contributed by atoms with E-state index in [1.54, 1.807) is 54.5 Å². The molecule has 0 bridgehead atoms. The highest BCUT2D eigenvalue weighted by Crippen LogP contribution is 2.29. The Bertz CT molecular complexity index is 1130. The van der Waals surface area contributed by atoms with Gasteiger partial charge >= 0.3 is 6.18 Å². The molecule has 2 aromatic carbocycles. The van der Waals surface area contributed by atoms with E-state index in [0.29, 0.717) is 16.9 Å². The van der Waals surface area contributed by atoms with Gasteiger partial charge < -0.3 is 9.47 Å². The Kier molecular flexibility index (Phi) is 6.21. The van der Waals surface area contributed by atoms with Gasteiger partial charge in [0, 0.05) is 43.3 Å². The molecule has 0 saturated heterocycles. The van der Waals surface area contributed by atoms with Gasteiger partial charge in [0.1, 0.15) is 0 Å². The summed E-state index contributed by atoms with van der Waals surface area (Å²) in [5, 5.41) is 1.74. The van der Waals surface area contributed by atoms with E-state index in [2.05, 4.69) is 4.99 Å². The molecule has 0 saturated carbocycles. The topological polar surface area (TPSA) is 54.7 Å². The maximum atomic E-state index is 12.9.